The van der Waals surface area contributed by atoms with Crippen molar-refractivity contribution in [1.29, 1.82) is 0 Å². The number of hydrogen-bond donors (Lipinski definition) is 0. The lowest BCUT2D eigenvalue weighted by Crippen LogP contribution is -1.93. The fourth-order valence-corrected chi connectivity index (χ4v) is 7.91. The van der Waals surface area contributed by atoms with Gasteiger partial charge in [-0.1, -0.05) is 91.0 Å². The summed E-state index contributed by atoms with van der Waals surface area (Å²) in [5.41, 5.74) is 12.0. The average Bonchev–Trinajstić information content (AvgIpc) is 3.75. The van der Waals surface area contributed by atoms with E-state index in [0.29, 0.717) is 0 Å². The fourth-order valence-electron chi connectivity index (χ4n) is 7.91. The van der Waals surface area contributed by atoms with Crippen LogP contribution in [0.15, 0.2) is 146 Å². The Kier molecular flexibility index (Phi) is 4.55. The highest BCUT2D eigenvalue weighted by Crippen LogP contribution is 2.44. The maximum absolute atomic E-state index is 5.19. The van der Waals surface area contributed by atoms with Gasteiger partial charge in [0.25, 0.3) is 0 Å². The third-order valence-electron chi connectivity index (χ3n) is 9.81. The Labute approximate surface area is 262 Å². The molecular weight excluding hydrogens is 560 g/mol. The van der Waals surface area contributed by atoms with Crippen LogP contribution in [0, 0.1) is 0 Å². The number of benzene rings is 7. The Hall–Kier alpha value is -6.26. The van der Waals surface area contributed by atoms with E-state index in [4.69, 9.17) is 9.97 Å². The minimum atomic E-state index is 0.908. The standard InChI is InChI=1S/C42H24N4/c1-2-11-26(12-3-1)45-37-20-9-5-14-31(37)39-30-16-10-15-27(28(30)21-22-38(39)45)25-23-32-29-13-4-8-19-36(29)46-41(32)33(24-25)40-42(46)44-35-18-7-6-17-34(35)43-40/h1-24H. The molecule has 0 N–H and O–H groups in total. The monoisotopic (exact) mass is 584 g/mol. The Morgan fingerprint density at radius 3 is 2.00 bits per heavy atom. The van der Waals surface area contributed by atoms with Crippen LogP contribution in [-0.4, -0.2) is 18.9 Å². The second-order valence-electron chi connectivity index (χ2n) is 12.2. The third kappa shape index (κ3) is 3.03. The van der Waals surface area contributed by atoms with Crippen LogP contribution in [0.2, 0.25) is 0 Å². The van der Waals surface area contributed by atoms with Gasteiger partial charge in [0, 0.05) is 32.6 Å². The molecule has 7 aromatic carbocycles. The van der Waals surface area contributed by atoms with E-state index >= 15 is 0 Å². The van der Waals surface area contributed by atoms with Gasteiger partial charge in [0.05, 0.1) is 33.1 Å². The summed E-state index contributed by atoms with van der Waals surface area (Å²) in [5, 5.41) is 8.63. The van der Waals surface area contributed by atoms with E-state index in [2.05, 4.69) is 136 Å². The zero-order chi connectivity index (χ0) is 29.9. The summed E-state index contributed by atoms with van der Waals surface area (Å²) in [6.45, 7) is 0. The van der Waals surface area contributed by atoms with Crippen LogP contribution in [0.4, 0.5) is 0 Å². The van der Waals surface area contributed by atoms with Gasteiger partial charge in [-0.05, 0) is 76.5 Å². The minimum Gasteiger partial charge on any atom is -0.309 e. The van der Waals surface area contributed by atoms with Gasteiger partial charge in [0.2, 0.25) is 0 Å². The zero-order valence-corrected chi connectivity index (χ0v) is 24.6. The number of hydrogen-bond acceptors (Lipinski definition) is 2. The molecule has 0 aliphatic rings. The predicted molar refractivity (Wildman–Crippen MR) is 191 cm³/mol. The molecular formula is C42H24N4. The highest BCUT2D eigenvalue weighted by atomic mass is 15.0. The van der Waals surface area contributed by atoms with Gasteiger partial charge in [-0.15, -0.1) is 0 Å². The molecule has 0 aliphatic heterocycles. The van der Waals surface area contributed by atoms with Crippen molar-refractivity contribution in [3.8, 4) is 16.8 Å². The molecule has 4 nitrogen and oxygen atoms in total. The lowest BCUT2D eigenvalue weighted by molar-refractivity contribution is 1.18. The summed E-state index contributed by atoms with van der Waals surface area (Å²) in [6.07, 6.45) is 0. The van der Waals surface area contributed by atoms with E-state index in [9.17, 15) is 0 Å². The minimum absolute atomic E-state index is 0.908. The number of para-hydroxylation sites is 5. The highest BCUT2D eigenvalue weighted by Gasteiger charge is 2.22. The summed E-state index contributed by atoms with van der Waals surface area (Å²) in [4.78, 5) is 10.4. The second-order valence-corrected chi connectivity index (χ2v) is 12.2. The molecule has 0 unspecified atom stereocenters. The first-order valence-corrected chi connectivity index (χ1v) is 15.7. The third-order valence-corrected chi connectivity index (χ3v) is 9.81. The topological polar surface area (TPSA) is 35.1 Å². The van der Waals surface area contributed by atoms with Crippen LogP contribution in [0.5, 0.6) is 0 Å². The van der Waals surface area contributed by atoms with Crippen molar-refractivity contribution in [1.82, 2.24) is 18.9 Å². The Morgan fingerprint density at radius 2 is 1.13 bits per heavy atom. The van der Waals surface area contributed by atoms with Gasteiger partial charge in [-0.25, -0.2) is 9.97 Å². The molecule has 0 saturated heterocycles. The summed E-state index contributed by atoms with van der Waals surface area (Å²) in [5.74, 6) is 0. The van der Waals surface area contributed by atoms with E-state index in [0.717, 1.165) is 33.1 Å². The first kappa shape index (κ1) is 24.1. The van der Waals surface area contributed by atoms with E-state index in [-0.39, 0.29) is 0 Å². The second kappa shape index (κ2) is 8.68. The van der Waals surface area contributed by atoms with Gasteiger partial charge in [0.1, 0.15) is 5.52 Å². The van der Waals surface area contributed by atoms with Gasteiger partial charge >= 0.3 is 0 Å². The molecule has 0 fully saturated rings. The molecule has 4 aromatic heterocycles. The number of rotatable bonds is 2. The number of nitrogens with zero attached hydrogens (tertiary/aromatic N) is 4. The Bertz CT molecular complexity index is 3020. The zero-order valence-electron chi connectivity index (χ0n) is 24.6. The fraction of sp³-hybridized carbons (Fsp3) is 0. The molecule has 0 aliphatic carbocycles. The summed E-state index contributed by atoms with van der Waals surface area (Å²) in [7, 11) is 0. The molecule has 11 rings (SSSR count). The van der Waals surface area contributed by atoms with E-state index in [1.54, 1.807) is 0 Å². The molecule has 0 amide bonds. The van der Waals surface area contributed by atoms with Crippen molar-refractivity contribution < 1.29 is 0 Å². The summed E-state index contributed by atoms with van der Waals surface area (Å²) in [6, 6.07) is 52.3. The molecule has 4 heteroatoms. The summed E-state index contributed by atoms with van der Waals surface area (Å²) < 4.78 is 4.70. The molecule has 11 aromatic rings. The molecule has 4 heterocycles. The SMILES string of the molecule is c1ccc(-n2c3ccccc3c3c4cccc(-c5cc6c7ccccc7n7c8nc9ccccc9nc8c(c5)c67)c4ccc32)cc1. The van der Waals surface area contributed by atoms with E-state index in [1.165, 1.54) is 65.7 Å². The van der Waals surface area contributed by atoms with Crippen molar-refractivity contribution in [3.05, 3.63) is 146 Å². The van der Waals surface area contributed by atoms with Crippen molar-refractivity contribution in [2.75, 3.05) is 0 Å². The van der Waals surface area contributed by atoms with Crippen molar-refractivity contribution in [2.24, 2.45) is 0 Å². The lowest BCUT2D eigenvalue weighted by atomic mass is 9.94. The molecule has 212 valence electrons. The quantitative estimate of drug-likeness (QED) is 0.203. The van der Waals surface area contributed by atoms with Crippen molar-refractivity contribution in [3.63, 3.8) is 0 Å². The van der Waals surface area contributed by atoms with E-state index < -0.39 is 0 Å². The van der Waals surface area contributed by atoms with Crippen LogP contribution < -0.4 is 0 Å². The van der Waals surface area contributed by atoms with Crippen LogP contribution in [-0.2, 0) is 0 Å². The smallest absolute Gasteiger partial charge is 0.165 e. The average molecular weight is 585 g/mol. The van der Waals surface area contributed by atoms with Gasteiger partial charge < -0.3 is 4.57 Å². The highest BCUT2D eigenvalue weighted by molar-refractivity contribution is 6.26. The van der Waals surface area contributed by atoms with Gasteiger partial charge in [-0.3, -0.25) is 4.40 Å². The summed E-state index contributed by atoms with van der Waals surface area (Å²) >= 11 is 0. The van der Waals surface area contributed by atoms with E-state index in [1.807, 2.05) is 18.2 Å². The normalized spacial score (nSPS) is 12.3. The molecule has 0 radical (unpaired) electrons. The molecule has 0 bridgehead atoms. The molecule has 0 atom stereocenters. The van der Waals surface area contributed by atoms with Crippen LogP contribution in [0.1, 0.15) is 0 Å². The molecule has 46 heavy (non-hydrogen) atoms. The largest absolute Gasteiger partial charge is 0.309 e. The Balaban J connectivity index is 1.26. The van der Waals surface area contributed by atoms with Gasteiger partial charge in [0.15, 0.2) is 5.65 Å². The van der Waals surface area contributed by atoms with Crippen LogP contribution in [0.25, 0.3) is 98.8 Å². The molecule has 0 saturated carbocycles. The maximum atomic E-state index is 5.19. The molecule has 0 spiro atoms. The predicted octanol–water partition coefficient (Wildman–Crippen LogP) is 10.7. The van der Waals surface area contributed by atoms with Crippen LogP contribution in [0.3, 0.4) is 0 Å². The lowest BCUT2D eigenvalue weighted by Gasteiger charge is -2.11. The first-order chi connectivity index (χ1) is 22.8. The number of aromatic nitrogens is 4. The Morgan fingerprint density at radius 1 is 0.435 bits per heavy atom. The van der Waals surface area contributed by atoms with Crippen LogP contribution >= 0.6 is 0 Å². The first-order valence-electron chi connectivity index (χ1n) is 15.7. The van der Waals surface area contributed by atoms with Gasteiger partial charge in [-0.2, -0.15) is 0 Å². The number of fused-ring (bicyclic) bond motifs is 12. The van der Waals surface area contributed by atoms with Crippen molar-refractivity contribution in [2.45, 2.75) is 0 Å². The van der Waals surface area contributed by atoms with Crippen molar-refractivity contribution >= 4 is 82.0 Å². The maximum Gasteiger partial charge on any atom is 0.165 e.